The Morgan fingerprint density at radius 3 is 2.45 bits per heavy atom. The zero-order valence-corrected chi connectivity index (χ0v) is 11.5. The molecule has 118 valence electrons. The Hall–Kier alpha value is -1.16. The maximum Gasteiger partial charge on any atom is 0.330 e. The van der Waals surface area contributed by atoms with Crippen LogP contribution in [0.25, 0.3) is 0 Å². The van der Waals surface area contributed by atoms with Crippen molar-refractivity contribution >= 4 is 16.0 Å². The third-order valence-electron chi connectivity index (χ3n) is 2.30. The Morgan fingerprint density at radius 1 is 1.45 bits per heavy atom. The Kier molecular flexibility index (Phi) is 7.14. The standard InChI is InChI=1S/C10H15F4NO4S/c1-3-8(16)19-6-5-15(2)20(17,18)7-4-10(13,14)9(11)12/h3,9H,1,4-7H2,2H3. The molecule has 0 rings (SSSR count). The summed E-state index contributed by atoms with van der Waals surface area (Å²) in [6.45, 7) is 2.54. The largest absolute Gasteiger partial charge is 0.461 e. The fraction of sp³-hybridized carbons (Fsp3) is 0.700. The molecule has 0 N–H and O–H groups in total. The molecule has 0 amide bonds. The van der Waals surface area contributed by atoms with E-state index < -0.39 is 40.5 Å². The number of carbonyl (C=O) groups excluding carboxylic acids is 1. The van der Waals surface area contributed by atoms with Crippen LogP contribution >= 0.6 is 0 Å². The van der Waals surface area contributed by atoms with Gasteiger partial charge in [-0.25, -0.2) is 35.1 Å². The minimum absolute atomic E-state index is 0.276. The third kappa shape index (κ3) is 6.33. The highest BCUT2D eigenvalue weighted by molar-refractivity contribution is 7.89. The first-order chi connectivity index (χ1) is 9.03. The van der Waals surface area contributed by atoms with Crippen molar-refractivity contribution in [2.24, 2.45) is 0 Å². The number of hydrogen-bond acceptors (Lipinski definition) is 4. The van der Waals surface area contributed by atoms with Crippen molar-refractivity contribution in [1.82, 2.24) is 4.31 Å². The summed E-state index contributed by atoms with van der Waals surface area (Å²) in [6, 6.07) is 0. The molecule has 0 radical (unpaired) electrons. The number of halogens is 4. The van der Waals surface area contributed by atoms with E-state index in [1.807, 2.05) is 0 Å². The van der Waals surface area contributed by atoms with Gasteiger partial charge >= 0.3 is 18.3 Å². The lowest BCUT2D eigenvalue weighted by atomic mass is 10.3. The highest BCUT2D eigenvalue weighted by Crippen LogP contribution is 2.27. The molecule has 0 aliphatic heterocycles. The summed E-state index contributed by atoms with van der Waals surface area (Å²) in [6.07, 6.45) is -4.53. The average Bonchev–Trinajstić information content (AvgIpc) is 2.36. The van der Waals surface area contributed by atoms with Gasteiger partial charge in [-0.15, -0.1) is 0 Å². The molecule has 0 saturated carbocycles. The molecular weight excluding hydrogens is 306 g/mol. The molecule has 0 aliphatic carbocycles. The molecule has 0 aromatic heterocycles. The van der Waals surface area contributed by atoms with Gasteiger partial charge in [0.1, 0.15) is 6.61 Å². The quantitative estimate of drug-likeness (QED) is 0.364. The molecule has 0 fully saturated rings. The molecule has 0 aromatic rings. The molecule has 0 heterocycles. The van der Waals surface area contributed by atoms with Crippen molar-refractivity contribution in [3.05, 3.63) is 12.7 Å². The lowest BCUT2D eigenvalue weighted by molar-refractivity contribution is -0.137. The first-order valence-corrected chi connectivity index (χ1v) is 7.03. The summed E-state index contributed by atoms with van der Waals surface area (Å²) in [7, 11) is -3.06. The second kappa shape index (κ2) is 7.58. The number of alkyl halides is 4. The minimum atomic E-state index is -4.36. The molecule has 0 aromatic carbocycles. The molecule has 0 saturated heterocycles. The van der Waals surface area contributed by atoms with Crippen molar-refractivity contribution in [3.63, 3.8) is 0 Å². The monoisotopic (exact) mass is 321 g/mol. The second-order valence-corrected chi connectivity index (χ2v) is 6.02. The van der Waals surface area contributed by atoms with Crippen LogP contribution in [-0.4, -0.2) is 57.0 Å². The van der Waals surface area contributed by atoms with Crippen molar-refractivity contribution in [3.8, 4) is 0 Å². The summed E-state index contributed by atoms with van der Waals surface area (Å²) >= 11 is 0. The Bertz CT molecular complexity index is 439. The van der Waals surface area contributed by atoms with Crippen LogP contribution in [0.3, 0.4) is 0 Å². The van der Waals surface area contributed by atoms with Crippen molar-refractivity contribution in [1.29, 1.82) is 0 Å². The Labute approximate surface area is 114 Å². The van der Waals surface area contributed by atoms with Crippen LogP contribution in [0.2, 0.25) is 0 Å². The number of rotatable bonds is 9. The smallest absolute Gasteiger partial charge is 0.330 e. The fourth-order valence-corrected chi connectivity index (χ4v) is 2.20. The Balaban J connectivity index is 4.36. The molecule has 0 aliphatic rings. The summed E-state index contributed by atoms with van der Waals surface area (Å²) in [5, 5.41) is 0. The molecular formula is C10H15F4NO4S. The third-order valence-corrected chi connectivity index (χ3v) is 4.16. The van der Waals surface area contributed by atoms with E-state index in [4.69, 9.17) is 0 Å². The van der Waals surface area contributed by atoms with Gasteiger partial charge in [0.25, 0.3) is 0 Å². The highest BCUT2D eigenvalue weighted by Gasteiger charge is 2.41. The van der Waals surface area contributed by atoms with E-state index in [-0.39, 0.29) is 13.2 Å². The molecule has 5 nitrogen and oxygen atoms in total. The summed E-state index contributed by atoms with van der Waals surface area (Å²) < 4.78 is 77.3. The van der Waals surface area contributed by atoms with Gasteiger partial charge in [-0.3, -0.25) is 0 Å². The van der Waals surface area contributed by atoms with Crippen LogP contribution in [0.4, 0.5) is 17.6 Å². The topological polar surface area (TPSA) is 63.7 Å². The number of hydrogen-bond donors (Lipinski definition) is 0. The van der Waals surface area contributed by atoms with Crippen LogP contribution in [0, 0.1) is 0 Å². The van der Waals surface area contributed by atoms with Crippen LogP contribution in [0.5, 0.6) is 0 Å². The molecule has 0 atom stereocenters. The summed E-state index contributed by atoms with van der Waals surface area (Å²) in [4.78, 5) is 10.7. The lowest BCUT2D eigenvalue weighted by Gasteiger charge is -2.19. The van der Waals surface area contributed by atoms with E-state index in [1.54, 1.807) is 0 Å². The van der Waals surface area contributed by atoms with Crippen molar-refractivity contribution in [2.45, 2.75) is 18.8 Å². The van der Waals surface area contributed by atoms with Crippen LogP contribution in [0.1, 0.15) is 6.42 Å². The van der Waals surface area contributed by atoms with E-state index in [9.17, 15) is 30.8 Å². The number of nitrogens with zero attached hydrogens (tertiary/aromatic N) is 1. The van der Waals surface area contributed by atoms with Gasteiger partial charge in [0.05, 0.1) is 5.75 Å². The number of esters is 1. The molecule has 10 heteroatoms. The number of ether oxygens (including phenoxy) is 1. The average molecular weight is 321 g/mol. The maximum absolute atomic E-state index is 12.6. The number of likely N-dealkylation sites (N-methyl/N-ethyl adjacent to an activating group) is 1. The zero-order valence-electron chi connectivity index (χ0n) is 10.7. The predicted octanol–water partition coefficient (Wildman–Crippen LogP) is 1.27. The van der Waals surface area contributed by atoms with Crippen molar-refractivity contribution < 1.29 is 35.5 Å². The van der Waals surface area contributed by atoms with E-state index in [2.05, 4.69) is 11.3 Å². The van der Waals surface area contributed by atoms with Gasteiger partial charge in [-0.1, -0.05) is 6.58 Å². The maximum atomic E-state index is 12.6. The van der Waals surface area contributed by atoms with Gasteiger partial charge in [0, 0.05) is 26.1 Å². The van der Waals surface area contributed by atoms with Crippen LogP contribution < -0.4 is 0 Å². The fourth-order valence-electron chi connectivity index (χ4n) is 1.00. The summed E-state index contributed by atoms with van der Waals surface area (Å²) in [5.74, 6) is -6.25. The lowest BCUT2D eigenvalue weighted by Crippen LogP contribution is -2.36. The first-order valence-electron chi connectivity index (χ1n) is 5.42. The van der Waals surface area contributed by atoms with E-state index >= 15 is 0 Å². The minimum Gasteiger partial charge on any atom is -0.461 e. The second-order valence-electron chi connectivity index (χ2n) is 3.82. The van der Waals surface area contributed by atoms with Gasteiger partial charge < -0.3 is 4.74 Å². The van der Waals surface area contributed by atoms with Gasteiger partial charge in [0.2, 0.25) is 10.0 Å². The first kappa shape index (κ1) is 18.8. The van der Waals surface area contributed by atoms with E-state index in [0.29, 0.717) is 4.31 Å². The summed E-state index contributed by atoms with van der Waals surface area (Å²) in [5.41, 5.74) is 0. The highest BCUT2D eigenvalue weighted by atomic mass is 32.2. The normalized spacial score (nSPS) is 12.8. The zero-order chi connectivity index (χ0) is 16.0. The number of sulfonamides is 1. The predicted molar refractivity (Wildman–Crippen MR) is 63.1 cm³/mol. The van der Waals surface area contributed by atoms with Crippen molar-refractivity contribution in [2.75, 3.05) is 26.0 Å². The van der Waals surface area contributed by atoms with Crippen LogP contribution in [0.15, 0.2) is 12.7 Å². The van der Waals surface area contributed by atoms with Gasteiger partial charge in [0.15, 0.2) is 0 Å². The molecule has 0 bridgehead atoms. The molecule has 20 heavy (non-hydrogen) atoms. The van der Waals surface area contributed by atoms with E-state index in [0.717, 1.165) is 13.1 Å². The molecule has 0 spiro atoms. The SMILES string of the molecule is C=CC(=O)OCCN(C)S(=O)(=O)CCC(F)(F)C(F)F. The van der Waals surface area contributed by atoms with Crippen LogP contribution in [-0.2, 0) is 19.6 Å². The number of carbonyl (C=O) groups is 1. The van der Waals surface area contributed by atoms with Gasteiger partial charge in [-0.2, -0.15) is 0 Å². The Morgan fingerprint density at radius 2 is 2.00 bits per heavy atom. The van der Waals surface area contributed by atoms with E-state index in [1.165, 1.54) is 0 Å². The van der Waals surface area contributed by atoms with Gasteiger partial charge in [-0.05, 0) is 0 Å². The molecule has 0 unspecified atom stereocenters.